The molecule has 0 unspecified atom stereocenters. The van der Waals surface area contributed by atoms with E-state index in [1.165, 1.54) is 22.6 Å². The van der Waals surface area contributed by atoms with E-state index in [-0.39, 0.29) is 29.8 Å². The molecule has 0 aliphatic heterocycles. The first kappa shape index (κ1) is 67.4. The fraction of sp³-hybridized carbons (Fsp3) is 0.222. The summed E-state index contributed by atoms with van der Waals surface area (Å²) in [5.74, 6) is 0. The second-order valence-electron chi connectivity index (χ2n) is 8.81. The second-order valence-corrected chi connectivity index (χ2v) is 35.1. The van der Waals surface area contributed by atoms with Crippen molar-refractivity contribution in [2.24, 2.45) is 0 Å². The first-order valence-electron chi connectivity index (χ1n) is 14.6. The quantitative estimate of drug-likeness (QED) is 0.0747. The van der Waals surface area contributed by atoms with E-state index in [0.717, 1.165) is 73.2 Å². The molecular weight excluding hydrogens is 1410 g/mol. The molecule has 6 rings (SSSR count). The predicted octanol–water partition coefficient (Wildman–Crippen LogP) is 8.51. The van der Waals surface area contributed by atoms with Gasteiger partial charge in [-0.05, 0) is 33.7 Å². The van der Waals surface area contributed by atoms with E-state index in [9.17, 15) is 14.2 Å². The number of aryl methyl sites for hydroxylation is 2. The molecule has 0 radical (unpaired) electrons. The van der Waals surface area contributed by atoms with Crippen molar-refractivity contribution in [1.29, 1.82) is 10.5 Å². The molecule has 6 nitrogen and oxygen atoms in total. The Morgan fingerprint density at radius 3 is 1.30 bits per heavy atom. The standard InChI is InChI=1S/C6H5NSe2.C5H5BrSe.C5H4OSe.2C5H6Se.C4H4Se.C3H7NO.CHNSe.2CH4.Cl3OP.K/c7-5-8-4-6-2-1-3-9-6;2*6-4-5-2-1-3-7-5;2*1-5-3-2-4-6-5;1-2-4-5-3-1;1-4(2)3-5;2-1-3;;;1-5(2,3)4;/h1-3H,4H2;1-3H,4H2;1-4H;2*2-4H,1H3;1-4H;3H,1-2H3;3H;2*1H4;;/q;;;;;;;;;;;+1/p-1. The van der Waals surface area contributed by atoms with Crippen LogP contribution < -0.4 is 0 Å². The number of carbonyl (C=O) groups excluding carboxylic acids is 2. The zero-order valence-electron chi connectivity index (χ0n) is 29.8. The zero-order chi connectivity index (χ0) is 41.3. The minimum absolute atomic E-state index is 0. The first-order valence-corrected chi connectivity index (χ1v) is 42.6. The number of amides is 1. The number of nitriles is 2. The van der Waals surface area contributed by atoms with Crippen molar-refractivity contribution in [3.63, 3.8) is 0 Å². The molecular formula is C36H45BrCl3KN3O3PSe8. The van der Waals surface area contributed by atoms with Crippen LogP contribution in [0.4, 0.5) is 0 Å². The number of halogens is 4. The molecule has 56 heavy (non-hydrogen) atoms. The van der Waals surface area contributed by atoms with Gasteiger partial charge in [-0.2, -0.15) is 0 Å². The third-order valence-electron chi connectivity index (χ3n) is 4.28. The van der Waals surface area contributed by atoms with Gasteiger partial charge in [-0.25, -0.2) is 0 Å². The normalized spacial score (nSPS) is 8.29. The summed E-state index contributed by atoms with van der Waals surface area (Å²) < 4.78 is 16.5. The van der Waals surface area contributed by atoms with Crippen molar-refractivity contribution < 1.29 is 14.2 Å². The van der Waals surface area contributed by atoms with Crippen molar-refractivity contribution in [3.05, 3.63) is 130 Å². The summed E-state index contributed by atoms with van der Waals surface area (Å²) in [6, 6.07) is 25.0. The van der Waals surface area contributed by atoms with E-state index < -0.39 is 5.20 Å². The van der Waals surface area contributed by atoms with Crippen molar-refractivity contribution in [1.82, 2.24) is 4.90 Å². The third-order valence-corrected chi connectivity index (χ3v) is 19.8. The molecule has 0 saturated carbocycles. The molecule has 0 aromatic carbocycles. The Morgan fingerprint density at radius 2 is 1.12 bits per heavy atom. The van der Waals surface area contributed by atoms with Crippen LogP contribution in [0.1, 0.15) is 41.8 Å². The topological polar surface area (TPSA) is 102 Å². The number of aldehydes is 1. The van der Waals surface area contributed by atoms with Crippen molar-refractivity contribution in [2.45, 2.75) is 39.4 Å². The average Bonchev–Trinajstić information content (AvgIpc) is 3.99. The maximum atomic E-state index is 9.91. The number of rotatable bonds is 5. The summed E-state index contributed by atoms with van der Waals surface area (Å²) in [5, 5.41) is 14.8. The number of nitrogens with zero attached hydrogens (tertiary/aromatic N) is 3. The molecule has 20 heteroatoms. The summed E-state index contributed by atoms with van der Waals surface area (Å²) in [4.78, 5) is 40.3. The van der Waals surface area contributed by atoms with Crippen LogP contribution in [0.3, 0.4) is 0 Å². The minimum atomic E-state index is -3.22. The Kier molecular flexibility index (Phi) is 62.3. The van der Waals surface area contributed by atoms with E-state index in [0.29, 0.717) is 92.6 Å². The van der Waals surface area contributed by atoms with Gasteiger partial charge in [0.2, 0.25) is 6.41 Å². The van der Waals surface area contributed by atoms with Gasteiger partial charge in [0, 0.05) is 14.1 Å². The molecule has 1 amide bonds. The molecule has 6 heterocycles. The summed E-state index contributed by atoms with van der Waals surface area (Å²) in [6.45, 7) is 4.33. The van der Waals surface area contributed by atoms with Gasteiger partial charge in [0.05, 0.1) is 0 Å². The molecule has 0 spiro atoms. The monoisotopic (exact) mass is 1460 g/mol. The summed E-state index contributed by atoms with van der Waals surface area (Å²) in [6.07, 6.45) is 1.67. The zero-order valence-corrected chi connectivity index (χ0v) is 51.4. The number of carbonyl (C=O) groups is 2. The molecule has 0 fully saturated rings. The number of hydrogen-bond acceptors (Lipinski definition) is 5. The van der Waals surface area contributed by atoms with Crippen LogP contribution in [0.5, 0.6) is 0 Å². The van der Waals surface area contributed by atoms with Crippen LogP contribution in [0.15, 0.2) is 107 Å². The molecule has 6 aromatic rings. The Labute approximate surface area is 435 Å². The van der Waals surface area contributed by atoms with Gasteiger partial charge in [0.15, 0.2) is 0 Å². The van der Waals surface area contributed by atoms with E-state index >= 15 is 0 Å². The van der Waals surface area contributed by atoms with Crippen LogP contribution in [0, 0.1) is 34.3 Å². The number of hydrogen-bond donors (Lipinski definition) is 0. The van der Waals surface area contributed by atoms with Crippen molar-refractivity contribution in [3.8, 4) is 9.94 Å². The predicted molar refractivity (Wildman–Crippen MR) is 258 cm³/mol. The Hall–Kier alpha value is 2.37. The first-order chi connectivity index (χ1) is 25.8. The van der Waals surface area contributed by atoms with Gasteiger partial charge >= 0.3 is 360 Å². The van der Waals surface area contributed by atoms with Crippen LogP contribution in [0.2, 0.25) is 0 Å². The molecule has 304 valence electrons. The molecule has 0 N–H and O–H groups in total. The van der Waals surface area contributed by atoms with Gasteiger partial charge in [-0.3, -0.25) is 9.36 Å². The number of alkyl halides is 1. The fourth-order valence-corrected chi connectivity index (χ4v) is 11.7. The van der Waals surface area contributed by atoms with Crippen molar-refractivity contribution >= 4 is 221 Å². The molecule has 6 aromatic heterocycles. The molecule has 0 aliphatic rings. The fourth-order valence-electron chi connectivity index (χ4n) is 2.19. The van der Waals surface area contributed by atoms with Crippen LogP contribution in [0.25, 0.3) is 0 Å². The summed E-state index contributed by atoms with van der Waals surface area (Å²) >= 11 is 22.0. The molecule has 0 saturated heterocycles. The van der Waals surface area contributed by atoms with Crippen LogP contribution in [-0.2, 0) is 20.0 Å². The van der Waals surface area contributed by atoms with Crippen LogP contribution >= 0.6 is 54.9 Å². The van der Waals surface area contributed by atoms with Gasteiger partial charge < -0.3 is 4.90 Å². The van der Waals surface area contributed by atoms with Crippen LogP contribution in [-0.4, -0.2) is 185 Å². The maximum absolute atomic E-state index is 9.91. The molecule has 0 bridgehead atoms. The van der Waals surface area contributed by atoms with Gasteiger partial charge in [0.25, 0.3) is 0 Å². The SMILES string of the molecule is BrCc1ccc[se]1.C.C.CN(C)C=O.Cc1ccc[se]1.Cc1ccc[se]1.N#C[Se]Cc1ccc[se]1.N#C[Se][K].O=Cc1ccc[se]1.O=P(Cl)(Cl)Cl.c1cc[se]c1. The van der Waals surface area contributed by atoms with Gasteiger partial charge in [-0.1, -0.05) is 14.9 Å². The van der Waals surface area contributed by atoms with E-state index in [4.69, 9.17) is 10.5 Å². The summed E-state index contributed by atoms with van der Waals surface area (Å²) in [7, 11) is 3.38. The Bertz CT molecular complexity index is 1660. The third kappa shape index (κ3) is 60.7. The molecule has 0 aliphatic carbocycles. The second kappa shape index (κ2) is 51.7. The Morgan fingerprint density at radius 1 is 0.732 bits per heavy atom. The van der Waals surface area contributed by atoms with E-state index in [1.807, 2.05) is 17.1 Å². The summed E-state index contributed by atoms with van der Waals surface area (Å²) in [5.41, 5.74) is 0.410. The van der Waals surface area contributed by atoms with Gasteiger partial charge in [-0.15, -0.1) is 0 Å². The van der Waals surface area contributed by atoms with Gasteiger partial charge in [0.1, 0.15) is 0 Å². The average molecular weight is 1460 g/mol. The van der Waals surface area contributed by atoms with Crippen molar-refractivity contribution in [2.75, 3.05) is 14.1 Å². The van der Waals surface area contributed by atoms with E-state index in [1.54, 1.807) is 14.1 Å². The molecule has 0 atom stereocenters. The Balaban J connectivity index is -0.000000175. The van der Waals surface area contributed by atoms with E-state index in [2.05, 4.69) is 164 Å².